The summed E-state index contributed by atoms with van der Waals surface area (Å²) in [5.74, 6) is 1.88. The molecule has 7 nitrogen and oxygen atoms in total. The molecule has 23 heavy (non-hydrogen) atoms. The zero-order chi connectivity index (χ0) is 15.5. The van der Waals surface area contributed by atoms with E-state index in [1.807, 2.05) is 24.3 Å². The molecule has 1 aromatic rings. The van der Waals surface area contributed by atoms with E-state index in [4.69, 9.17) is 15.2 Å². The number of carbonyl (C=O) groups excluding carboxylic acids is 2. The first-order valence-electron chi connectivity index (χ1n) is 7.10. The Bertz CT molecular complexity index is 616. The van der Waals surface area contributed by atoms with Gasteiger partial charge in [0.1, 0.15) is 12.7 Å². The molecular weight excluding hydrogens is 322 g/mol. The summed E-state index contributed by atoms with van der Waals surface area (Å²) in [5.41, 5.74) is 7.19. The van der Waals surface area contributed by atoms with Crippen molar-refractivity contribution in [3.8, 4) is 0 Å². The number of carbonyl (C=O) groups is 1. The second-order valence-corrected chi connectivity index (χ2v) is 5.11. The summed E-state index contributed by atoms with van der Waals surface area (Å²) in [4.78, 5) is 26.2. The van der Waals surface area contributed by atoms with Crippen LogP contribution in [0.3, 0.4) is 0 Å². The summed E-state index contributed by atoms with van der Waals surface area (Å²) in [5, 5.41) is 0. The molecule has 1 amide bonds. The van der Waals surface area contributed by atoms with E-state index in [1.54, 1.807) is 15.7 Å². The van der Waals surface area contributed by atoms with Crippen LogP contribution in [-0.4, -0.2) is 50.8 Å². The van der Waals surface area contributed by atoms with Crippen LogP contribution in [0, 0.1) is 0 Å². The lowest BCUT2D eigenvalue weighted by atomic mass is 10.2. The number of halogens is 1. The van der Waals surface area contributed by atoms with Crippen molar-refractivity contribution in [2.45, 2.75) is 6.10 Å². The van der Waals surface area contributed by atoms with Gasteiger partial charge in [0, 0.05) is 24.5 Å². The number of nitrogens with two attached hydrogens (primary N) is 1. The average Bonchev–Trinajstić information content (AvgIpc) is 2.99. The molecule has 2 fully saturated rings. The van der Waals surface area contributed by atoms with Crippen LogP contribution in [0.1, 0.15) is 0 Å². The molecule has 0 aromatic heterocycles. The van der Waals surface area contributed by atoms with Crippen molar-refractivity contribution in [1.29, 1.82) is 0 Å². The van der Waals surface area contributed by atoms with Crippen LogP contribution in [0.5, 0.6) is 0 Å². The summed E-state index contributed by atoms with van der Waals surface area (Å²) in [7, 11) is 0. The minimum atomic E-state index is -0.211. The first-order valence-corrected chi connectivity index (χ1v) is 7.10. The van der Waals surface area contributed by atoms with Gasteiger partial charge in [-0.25, -0.2) is 4.79 Å². The lowest BCUT2D eigenvalue weighted by molar-refractivity contribution is -0.125. The van der Waals surface area contributed by atoms with Gasteiger partial charge in [-0.2, -0.15) is 0 Å². The summed E-state index contributed by atoms with van der Waals surface area (Å²) < 4.78 is 10.5. The van der Waals surface area contributed by atoms with Gasteiger partial charge in [0.05, 0.1) is 13.2 Å². The van der Waals surface area contributed by atoms with Gasteiger partial charge >= 0.3 is 0 Å². The topological polar surface area (TPSA) is 85.1 Å². The van der Waals surface area contributed by atoms with Gasteiger partial charge in [-0.1, -0.05) is 0 Å². The Balaban J connectivity index is 0.00000192. The third kappa shape index (κ3) is 3.48. The van der Waals surface area contributed by atoms with Crippen molar-refractivity contribution in [2.75, 3.05) is 42.6 Å². The normalized spacial score (nSPS) is 20.8. The molecule has 0 saturated carbocycles. The van der Waals surface area contributed by atoms with Gasteiger partial charge in [-0.15, -0.1) is 12.4 Å². The highest BCUT2D eigenvalue weighted by molar-refractivity contribution is 5.95. The number of hydrogen-bond acceptors (Lipinski definition) is 6. The molecule has 0 aliphatic carbocycles. The molecule has 8 heteroatoms. The number of anilines is 2. The minimum absolute atomic E-state index is 0. The molecule has 0 radical (unpaired) electrons. The van der Waals surface area contributed by atoms with Crippen LogP contribution in [0.2, 0.25) is 0 Å². The second-order valence-electron chi connectivity index (χ2n) is 5.11. The lowest BCUT2D eigenvalue weighted by Crippen LogP contribution is -2.41. The predicted molar refractivity (Wildman–Crippen MR) is 87.3 cm³/mol. The van der Waals surface area contributed by atoms with E-state index in [0.29, 0.717) is 26.2 Å². The lowest BCUT2D eigenvalue weighted by Gasteiger charge is -2.27. The van der Waals surface area contributed by atoms with Gasteiger partial charge in [-0.05, 0) is 24.3 Å². The first-order chi connectivity index (χ1) is 10.7. The van der Waals surface area contributed by atoms with E-state index < -0.39 is 0 Å². The quantitative estimate of drug-likeness (QED) is 0.798. The Kier molecular flexibility index (Phi) is 5.63. The maximum Gasteiger partial charge on any atom is 0.283 e. The highest BCUT2D eigenvalue weighted by Crippen LogP contribution is 2.28. The fourth-order valence-corrected chi connectivity index (χ4v) is 2.57. The Hall–Kier alpha value is -2.05. The van der Waals surface area contributed by atoms with Crippen molar-refractivity contribution < 1.29 is 19.1 Å². The monoisotopic (exact) mass is 339 g/mol. The summed E-state index contributed by atoms with van der Waals surface area (Å²) in [6, 6.07) is 7.38. The summed E-state index contributed by atoms with van der Waals surface area (Å²) >= 11 is 0. The van der Waals surface area contributed by atoms with Crippen LogP contribution in [-0.2, 0) is 19.1 Å². The highest BCUT2D eigenvalue weighted by Gasteiger charge is 2.29. The molecule has 0 unspecified atom stereocenters. The van der Waals surface area contributed by atoms with Crippen LogP contribution < -0.4 is 15.5 Å². The number of ether oxygens (including phenoxy) is 2. The Morgan fingerprint density at radius 1 is 1.22 bits per heavy atom. The number of nitrogens with zero attached hydrogens (tertiary/aromatic N) is 2. The van der Waals surface area contributed by atoms with E-state index >= 15 is 0 Å². The summed E-state index contributed by atoms with van der Waals surface area (Å²) in [6.45, 7) is 2.03. The predicted octanol–water partition coefficient (Wildman–Crippen LogP) is 0.308. The van der Waals surface area contributed by atoms with E-state index in [1.165, 1.54) is 0 Å². The average molecular weight is 340 g/mol. The van der Waals surface area contributed by atoms with E-state index in [9.17, 15) is 9.59 Å². The van der Waals surface area contributed by atoms with E-state index in [0.717, 1.165) is 11.4 Å². The van der Waals surface area contributed by atoms with E-state index in [-0.39, 0.29) is 36.9 Å². The molecule has 2 aliphatic heterocycles. The molecule has 1 aromatic carbocycles. The van der Waals surface area contributed by atoms with E-state index in [2.05, 4.69) is 0 Å². The molecule has 2 saturated heterocycles. The molecule has 2 N–H and O–H groups in total. The number of morpholine rings is 1. The maximum absolute atomic E-state index is 11.8. The van der Waals surface area contributed by atoms with Gasteiger partial charge in [0.15, 0.2) is 5.94 Å². The molecule has 3 rings (SSSR count). The summed E-state index contributed by atoms with van der Waals surface area (Å²) in [6.07, 6.45) is -0.211. The fourth-order valence-electron chi connectivity index (χ4n) is 2.57. The molecule has 2 aliphatic rings. The van der Waals surface area contributed by atoms with Crippen molar-refractivity contribution in [1.82, 2.24) is 0 Å². The second kappa shape index (κ2) is 7.48. The van der Waals surface area contributed by atoms with Crippen molar-refractivity contribution in [3.63, 3.8) is 0 Å². The molecule has 124 valence electrons. The number of hydrogen-bond donors (Lipinski definition) is 1. The Morgan fingerprint density at radius 3 is 2.43 bits per heavy atom. The van der Waals surface area contributed by atoms with Crippen molar-refractivity contribution >= 4 is 35.6 Å². The van der Waals surface area contributed by atoms with Crippen LogP contribution in [0.25, 0.3) is 0 Å². The molecule has 2 heterocycles. The SMILES string of the molecule is Cl.NC[C@H]1CN(c2ccc(N3CCOCC3=O)cc2)C(=C=O)O1. The highest BCUT2D eigenvalue weighted by atomic mass is 35.5. The fraction of sp³-hybridized carbons (Fsp3) is 0.400. The molecule has 1 atom stereocenters. The standard InChI is InChI=1S/C15H17N3O4.ClH/c16-7-13-8-18(15(9-19)22-13)12-3-1-11(2-4-12)17-5-6-21-10-14(17)20;/h1-4,13H,5-8,10,16H2;1H/t13-;/m0./s1. The Labute approximate surface area is 140 Å². The zero-order valence-electron chi connectivity index (χ0n) is 12.4. The number of amides is 1. The minimum Gasteiger partial charge on any atom is -0.464 e. The largest absolute Gasteiger partial charge is 0.464 e. The third-order valence-corrected chi connectivity index (χ3v) is 3.72. The van der Waals surface area contributed by atoms with Crippen molar-refractivity contribution in [2.24, 2.45) is 5.73 Å². The zero-order valence-corrected chi connectivity index (χ0v) is 13.3. The number of rotatable bonds is 3. The van der Waals surface area contributed by atoms with Gasteiger partial charge in [-0.3, -0.25) is 9.69 Å². The first kappa shape index (κ1) is 17.3. The maximum atomic E-state index is 11.8. The van der Waals surface area contributed by atoms with Crippen LogP contribution in [0.15, 0.2) is 30.1 Å². The third-order valence-electron chi connectivity index (χ3n) is 3.72. The smallest absolute Gasteiger partial charge is 0.283 e. The van der Waals surface area contributed by atoms with Crippen LogP contribution in [0.4, 0.5) is 11.4 Å². The number of benzene rings is 1. The van der Waals surface area contributed by atoms with Gasteiger partial charge in [0.25, 0.3) is 11.8 Å². The van der Waals surface area contributed by atoms with Crippen LogP contribution >= 0.6 is 12.4 Å². The van der Waals surface area contributed by atoms with Gasteiger partial charge in [0.2, 0.25) is 0 Å². The molecule has 0 spiro atoms. The van der Waals surface area contributed by atoms with Gasteiger partial charge < -0.3 is 20.1 Å². The Morgan fingerprint density at radius 2 is 1.87 bits per heavy atom. The molecule has 0 bridgehead atoms. The van der Waals surface area contributed by atoms with Crippen molar-refractivity contribution in [3.05, 3.63) is 30.1 Å². The molecular formula is C15H18ClN3O4.